The van der Waals surface area contributed by atoms with Crippen LogP contribution in [-0.4, -0.2) is 10.9 Å². The first-order chi connectivity index (χ1) is 8.56. The smallest absolute Gasteiger partial charge is 0.229 e. The summed E-state index contributed by atoms with van der Waals surface area (Å²) in [5.41, 5.74) is 1.31. The zero-order valence-electron chi connectivity index (χ0n) is 9.54. The summed E-state index contributed by atoms with van der Waals surface area (Å²) in [6.07, 6.45) is 0.329. The van der Waals surface area contributed by atoms with Crippen molar-refractivity contribution in [3.05, 3.63) is 44.3 Å². The van der Waals surface area contributed by atoms with Gasteiger partial charge in [0.15, 0.2) is 5.15 Å². The second-order valence-electron chi connectivity index (χ2n) is 3.73. The number of halogens is 2. The molecule has 2 heterocycles. The van der Waals surface area contributed by atoms with Crippen molar-refractivity contribution >= 4 is 46.1 Å². The number of aryl methyl sites for hydroxylation is 1. The molecule has 0 unspecified atom stereocenters. The molecule has 6 heteroatoms. The summed E-state index contributed by atoms with van der Waals surface area (Å²) in [4.78, 5) is 16.8. The number of nitrogens with one attached hydrogen (secondary N) is 1. The molecule has 0 spiro atoms. The number of carbonyl (C=O) groups excluding carboxylic acids is 1. The number of aromatic nitrogens is 1. The van der Waals surface area contributed by atoms with E-state index in [1.54, 1.807) is 17.4 Å². The van der Waals surface area contributed by atoms with Crippen molar-refractivity contribution in [1.82, 2.24) is 4.98 Å². The van der Waals surface area contributed by atoms with Crippen molar-refractivity contribution in [2.75, 3.05) is 5.32 Å². The molecule has 0 aromatic carbocycles. The van der Waals surface area contributed by atoms with Crippen molar-refractivity contribution in [2.45, 2.75) is 13.3 Å². The topological polar surface area (TPSA) is 42.0 Å². The van der Waals surface area contributed by atoms with Crippen molar-refractivity contribution < 1.29 is 4.79 Å². The van der Waals surface area contributed by atoms with E-state index in [0.717, 1.165) is 10.4 Å². The molecule has 0 radical (unpaired) electrons. The normalized spacial score (nSPS) is 10.4. The van der Waals surface area contributed by atoms with Gasteiger partial charge in [-0.3, -0.25) is 4.79 Å². The van der Waals surface area contributed by atoms with Gasteiger partial charge in [-0.05, 0) is 30.0 Å². The number of nitrogens with zero attached hydrogens (tertiary/aromatic N) is 1. The van der Waals surface area contributed by atoms with Crippen LogP contribution < -0.4 is 5.32 Å². The molecule has 0 saturated heterocycles. The average Bonchev–Trinajstić information content (AvgIpc) is 2.76. The Bertz CT molecular complexity index is 546. The molecule has 0 atom stereocenters. The maximum atomic E-state index is 11.8. The molecule has 18 heavy (non-hydrogen) atoms. The first-order valence-corrected chi connectivity index (χ1v) is 6.84. The molecule has 1 amide bonds. The Morgan fingerprint density at radius 1 is 1.50 bits per heavy atom. The number of amides is 1. The van der Waals surface area contributed by atoms with Gasteiger partial charge in [0.1, 0.15) is 5.15 Å². The number of hydrogen-bond donors (Lipinski definition) is 1. The van der Waals surface area contributed by atoms with Crippen molar-refractivity contribution in [1.29, 1.82) is 0 Å². The van der Waals surface area contributed by atoms with E-state index in [-0.39, 0.29) is 11.1 Å². The zero-order valence-corrected chi connectivity index (χ0v) is 11.9. The molecule has 0 aliphatic heterocycles. The maximum Gasteiger partial charge on any atom is 0.229 e. The minimum absolute atomic E-state index is 0.119. The van der Waals surface area contributed by atoms with Crippen LogP contribution in [0.1, 0.15) is 10.4 Å². The summed E-state index contributed by atoms with van der Waals surface area (Å²) < 4.78 is 0. The Hall–Kier alpha value is -1.10. The van der Waals surface area contributed by atoms with Gasteiger partial charge in [0.25, 0.3) is 0 Å². The van der Waals surface area contributed by atoms with Crippen LogP contribution in [0.5, 0.6) is 0 Å². The molecule has 1 N–H and O–H groups in total. The third kappa shape index (κ3) is 3.22. The fourth-order valence-electron chi connectivity index (χ4n) is 1.50. The van der Waals surface area contributed by atoms with Gasteiger partial charge in [0, 0.05) is 4.88 Å². The highest BCUT2D eigenvalue weighted by molar-refractivity contribution is 7.10. The lowest BCUT2D eigenvalue weighted by Crippen LogP contribution is -2.15. The molecule has 94 valence electrons. The summed E-state index contributed by atoms with van der Waals surface area (Å²) in [6.45, 7) is 1.82. The van der Waals surface area contributed by atoms with Crippen LogP contribution in [0.2, 0.25) is 10.3 Å². The number of thiophene rings is 1. The first-order valence-electron chi connectivity index (χ1n) is 5.21. The van der Waals surface area contributed by atoms with E-state index < -0.39 is 0 Å². The van der Waals surface area contributed by atoms with E-state index in [4.69, 9.17) is 23.2 Å². The summed E-state index contributed by atoms with van der Waals surface area (Å²) in [6, 6.07) is 5.49. The van der Waals surface area contributed by atoms with Gasteiger partial charge >= 0.3 is 0 Å². The monoisotopic (exact) mass is 300 g/mol. The number of anilines is 1. The van der Waals surface area contributed by atoms with Gasteiger partial charge in [-0.25, -0.2) is 4.98 Å². The predicted octanol–water partition coefficient (Wildman–Crippen LogP) is 3.94. The Morgan fingerprint density at radius 3 is 2.89 bits per heavy atom. The zero-order chi connectivity index (χ0) is 13.1. The molecule has 2 aromatic rings. The van der Waals surface area contributed by atoms with E-state index in [0.29, 0.717) is 17.3 Å². The second-order valence-corrected chi connectivity index (χ2v) is 5.51. The van der Waals surface area contributed by atoms with E-state index in [1.165, 1.54) is 0 Å². The highest BCUT2D eigenvalue weighted by atomic mass is 35.5. The number of hydrogen-bond acceptors (Lipinski definition) is 3. The van der Waals surface area contributed by atoms with Gasteiger partial charge in [-0.2, -0.15) is 0 Å². The third-order valence-electron chi connectivity index (χ3n) is 2.32. The molecule has 3 nitrogen and oxygen atoms in total. The molecule has 2 rings (SSSR count). The van der Waals surface area contributed by atoms with Crippen LogP contribution in [0.25, 0.3) is 0 Å². The standard InChI is InChI=1S/C12H10Cl2N2OS/c1-7-5-9(13)15-12(14)11(7)16-10(17)6-8-3-2-4-18-8/h2-5H,6H2,1H3,(H,16,17). The van der Waals surface area contributed by atoms with E-state index in [2.05, 4.69) is 10.3 Å². The molecule has 2 aromatic heterocycles. The predicted molar refractivity (Wildman–Crippen MR) is 75.6 cm³/mol. The molecule has 0 fully saturated rings. The maximum absolute atomic E-state index is 11.8. The van der Waals surface area contributed by atoms with Gasteiger partial charge in [-0.15, -0.1) is 11.3 Å². The van der Waals surface area contributed by atoms with Gasteiger partial charge in [-0.1, -0.05) is 29.3 Å². The minimum atomic E-state index is -0.119. The summed E-state index contributed by atoms with van der Waals surface area (Å²) in [5.74, 6) is -0.119. The SMILES string of the molecule is Cc1cc(Cl)nc(Cl)c1NC(=O)Cc1cccs1. The average molecular weight is 301 g/mol. The van der Waals surface area contributed by atoms with E-state index >= 15 is 0 Å². The summed E-state index contributed by atoms with van der Waals surface area (Å²) in [5, 5.41) is 5.22. The molecule has 0 aliphatic carbocycles. The van der Waals surface area contributed by atoms with Crippen LogP contribution >= 0.6 is 34.5 Å². The van der Waals surface area contributed by atoms with Crippen LogP contribution in [-0.2, 0) is 11.2 Å². The van der Waals surface area contributed by atoms with Crippen LogP contribution in [0, 0.1) is 6.92 Å². The van der Waals surface area contributed by atoms with Gasteiger partial charge < -0.3 is 5.32 Å². The van der Waals surface area contributed by atoms with E-state index in [9.17, 15) is 4.79 Å². The van der Waals surface area contributed by atoms with Crippen LogP contribution in [0.3, 0.4) is 0 Å². The van der Waals surface area contributed by atoms with Crippen molar-refractivity contribution in [3.63, 3.8) is 0 Å². The Kier molecular flexibility index (Phi) is 4.22. The van der Waals surface area contributed by atoms with Gasteiger partial charge in [0.2, 0.25) is 5.91 Å². The molecular weight excluding hydrogens is 291 g/mol. The lowest BCUT2D eigenvalue weighted by atomic mass is 10.2. The van der Waals surface area contributed by atoms with Crippen molar-refractivity contribution in [2.24, 2.45) is 0 Å². The minimum Gasteiger partial charge on any atom is -0.323 e. The first kappa shape index (κ1) is 13.3. The highest BCUT2D eigenvalue weighted by Crippen LogP contribution is 2.26. The number of carbonyl (C=O) groups is 1. The Balaban J connectivity index is 2.12. The largest absolute Gasteiger partial charge is 0.323 e. The number of pyridine rings is 1. The second kappa shape index (κ2) is 5.69. The summed E-state index contributed by atoms with van der Waals surface area (Å²) in [7, 11) is 0. The fourth-order valence-corrected chi connectivity index (χ4v) is 2.78. The van der Waals surface area contributed by atoms with Crippen LogP contribution in [0.4, 0.5) is 5.69 Å². The fraction of sp³-hybridized carbons (Fsp3) is 0.167. The van der Waals surface area contributed by atoms with E-state index in [1.807, 2.05) is 24.4 Å². The Morgan fingerprint density at radius 2 is 2.28 bits per heavy atom. The number of rotatable bonds is 3. The summed E-state index contributed by atoms with van der Waals surface area (Å²) >= 11 is 13.3. The highest BCUT2D eigenvalue weighted by Gasteiger charge is 2.11. The molecule has 0 bridgehead atoms. The Labute approximate surface area is 119 Å². The third-order valence-corrected chi connectivity index (χ3v) is 3.66. The molecular formula is C12H10Cl2N2OS. The quantitative estimate of drug-likeness (QED) is 0.872. The van der Waals surface area contributed by atoms with Gasteiger partial charge in [0.05, 0.1) is 12.1 Å². The van der Waals surface area contributed by atoms with Crippen molar-refractivity contribution in [3.8, 4) is 0 Å². The van der Waals surface area contributed by atoms with Crippen LogP contribution in [0.15, 0.2) is 23.6 Å². The lowest BCUT2D eigenvalue weighted by molar-refractivity contribution is -0.115. The molecule has 0 aliphatic rings. The lowest BCUT2D eigenvalue weighted by Gasteiger charge is -2.09. The molecule has 0 saturated carbocycles.